The van der Waals surface area contributed by atoms with E-state index in [-0.39, 0.29) is 0 Å². The van der Waals surface area contributed by atoms with Gasteiger partial charge in [-0.2, -0.15) is 0 Å². The highest BCUT2D eigenvalue weighted by Gasteiger charge is 2.24. The van der Waals surface area contributed by atoms with Crippen LogP contribution in [-0.4, -0.2) is 57.4 Å². The summed E-state index contributed by atoms with van der Waals surface area (Å²) in [5.74, 6) is 1.53. The second kappa shape index (κ2) is 7.25. The molecule has 0 unspecified atom stereocenters. The van der Waals surface area contributed by atoms with Gasteiger partial charge >= 0.3 is 0 Å². The van der Waals surface area contributed by atoms with Crippen LogP contribution in [-0.2, 0) is 6.54 Å². The first-order valence-corrected chi connectivity index (χ1v) is 8.98. The van der Waals surface area contributed by atoms with Crippen molar-refractivity contribution in [1.29, 1.82) is 0 Å². The zero-order chi connectivity index (χ0) is 17.9. The maximum atomic E-state index is 4.79. The third-order valence-electron chi connectivity index (χ3n) is 4.74. The number of nitrogens with zero attached hydrogens (tertiary/aromatic N) is 6. The van der Waals surface area contributed by atoms with E-state index in [2.05, 4.69) is 61.4 Å². The van der Waals surface area contributed by atoms with Crippen LogP contribution in [0.2, 0.25) is 0 Å². The van der Waals surface area contributed by atoms with Crippen molar-refractivity contribution in [2.75, 3.05) is 36.4 Å². The quantitative estimate of drug-likeness (QED) is 0.747. The molecule has 1 fully saturated rings. The van der Waals surface area contributed by atoms with Gasteiger partial charge in [0.15, 0.2) is 11.6 Å². The Morgan fingerprint density at radius 3 is 2.38 bits per heavy atom. The third kappa shape index (κ3) is 3.45. The second-order valence-corrected chi connectivity index (χ2v) is 6.76. The van der Waals surface area contributed by atoms with Gasteiger partial charge in [0.2, 0.25) is 11.3 Å². The molecule has 26 heavy (non-hydrogen) atoms. The first kappa shape index (κ1) is 16.7. The van der Waals surface area contributed by atoms with Crippen molar-refractivity contribution in [2.24, 2.45) is 0 Å². The topological polar surface area (TPSA) is 83.2 Å². The number of aromatic nitrogens is 4. The molecule has 3 aromatic rings. The molecular weight excluding hydrogens is 330 g/mol. The molecule has 0 atom stereocenters. The molecule has 1 N–H and O–H groups in total. The van der Waals surface area contributed by atoms with E-state index in [0.29, 0.717) is 23.9 Å². The minimum absolute atomic E-state index is 0.421. The molecule has 1 saturated heterocycles. The fraction of sp³-hybridized carbons (Fsp3) is 0.444. The second-order valence-electron chi connectivity index (χ2n) is 6.76. The van der Waals surface area contributed by atoms with Gasteiger partial charge in [-0.05, 0) is 29.7 Å². The van der Waals surface area contributed by atoms with Crippen LogP contribution in [0, 0.1) is 0 Å². The van der Waals surface area contributed by atoms with E-state index in [4.69, 9.17) is 4.63 Å². The van der Waals surface area contributed by atoms with Gasteiger partial charge < -0.3 is 10.2 Å². The van der Waals surface area contributed by atoms with E-state index < -0.39 is 0 Å². The molecule has 3 heterocycles. The largest absolute Gasteiger partial charge is 0.363 e. The number of benzene rings is 1. The van der Waals surface area contributed by atoms with E-state index in [1.807, 2.05) is 18.2 Å². The molecule has 0 aliphatic carbocycles. The van der Waals surface area contributed by atoms with E-state index in [0.717, 1.165) is 37.8 Å². The van der Waals surface area contributed by atoms with Crippen LogP contribution in [0.4, 0.5) is 11.6 Å². The predicted octanol–water partition coefficient (Wildman–Crippen LogP) is 2.16. The fourth-order valence-corrected chi connectivity index (χ4v) is 3.20. The van der Waals surface area contributed by atoms with Crippen molar-refractivity contribution in [3.63, 3.8) is 0 Å². The summed E-state index contributed by atoms with van der Waals surface area (Å²) in [5.41, 5.74) is 2.05. The van der Waals surface area contributed by atoms with Crippen LogP contribution in [0.5, 0.6) is 0 Å². The number of nitrogens with one attached hydrogen (secondary N) is 1. The van der Waals surface area contributed by atoms with E-state index in [9.17, 15) is 0 Å². The van der Waals surface area contributed by atoms with Crippen molar-refractivity contribution < 1.29 is 4.63 Å². The maximum Gasteiger partial charge on any atom is 0.245 e. The summed E-state index contributed by atoms with van der Waals surface area (Å²) in [5, 5.41) is 11.1. The van der Waals surface area contributed by atoms with Gasteiger partial charge in [0.25, 0.3) is 0 Å². The number of piperazine rings is 1. The monoisotopic (exact) mass is 353 g/mol. The summed E-state index contributed by atoms with van der Waals surface area (Å²) >= 11 is 0. The van der Waals surface area contributed by atoms with Gasteiger partial charge in [0.05, 0.1) is 0 Å². The molecule has 8 heteroatoms. The van der Waals surface area contributed by atoms with Crippen LogP contribution in [0.25, 0.3) is 11.3 Å². The summed E-state index contributed by atoms with van der Waals surface area (Å²) in [6.45, 7) is 8.96. The molecule has 136 valence electrons. The molecule has 0 spiro atoms. The predicted molar refractivity (Wildman–Crippen MR) is 100 cm³/mol. The zero-order valence-electron chi connectivity index (χ0n) is 15.1. The SMILES string of the molecule is CC(C)N1CCN(c2nc3nonc3nc2NCc2ccccc2)CC1. The summed E-state index contributed by atoms with van der Waals surface area (Å²) in [4.78, 5) is 14.0. The number of hydrogen-bond acceptors (Lipinski definition) is 8. The highest BCUT2D eigenvalue weighted by molar-refractivity contribution is 5.74. The van der Waals surface area contributed by atoms with Gasteiger partial charge in [0, 0.05) is 38.8 Å². The van der Waals surface area contributed by atoms with Crippen LogP contribution >= 0.6 is 0 Å². The lowest BCUT2D eigenvalue weighted by molar-refractivity contribution is 0.209. The summed E-state index contributed by atoms with van der Waals surface area (Å²) in [7, 11) is 0. The van der Waals surface area contributed by atoms with Crippen LogP contribution < -0.4 is 10.2 Å². The zero-order valence-corrected chi connectivity index (χ0v) is 15.1. The Bertz CT molecular complexity index is 856. The Hall–Kier alpha value is -2.74. The Labute approximate surface area is 152 Å². The van der Waals surface area contributed by atoms with Crippen molar-refractivity contribution in [3.05, 3.63) is 35.9 Å². The molecule has 4 rings (SSSR count). The first-order valence-electron chi connectivity index (χ1n) is 8.98. The standard InChI is InChI=1S/C18H23N7O/c1-13(2)24-8-10-25(11-9-24)18-17(19-12-14-6-4-3-5-7-14)20-15-16(21-18)23-26-22-15/h3-7,13H,8-12H2,1-2H3,(H,19,20,22). The van der Waals surface area contributed by atoms with E-state index in [1.54, 1.807) is 0 Å². The minimum atomic E-state index is 0.421. The van der Waals surface area contributed by atoms with Crippen molar-refractivity contribution in [1.82, 2.24) is 25.2 Å². The average molecular weight is 353 g/mol. The molecule has 1 aliphatic heterocycles. The summed E-state index contributed by atoms with van der Waals surface area (Å²) < 4.78 is 4.79. The number of fused-ring (bicyclic) bond motifs is 1. The molecule has 2 aromatic heterocycles. The molecule has 0 amide bonds. The number of anilines is 2. The number of rotatable bonds is 5. The van der Waals surface area contributed by atoms with Crippen LogP contribution in [0.3, 0.4) is 0 Å². The lowest BCUT2D eigenvalue weighted by Gasteiger charge is -2.37. The van der Waals surface area contributed by atoms with Gasteiger partial charge in [-0.3, -0.25) is 4.90 Å². The Kier molecular flexibility index (Phi) is 4.66. The van der Waals surface area contributed by atoms with Crippen LogP contribution in [0.1, 0.15) is 19.4 Å². The smallest absolute Gasteiger partial charge is 0.245 e. The molecule has 1 aromatic carbocycles. The van der Waals surface area contributed by atoms with Crippen molar-refractivity contribution >= 4 is 22.9 Å². The molecular formula is C18H23N7O. The fourth-order valence-electron chi connectivity index (χ4n) is 3.20. The van der Waals surface area contributed by atoms with Crippen molar-refractivity contribution in [2.45, 2.75) is 26.4 Å². The van der Waals surface area contributed by atoms with Gasteiger partial charge in [0.1, 0.15) is 0 Å². The maximum absolute atomic E-state index is 4.79. The van der Waals surface area contributed by atoms with E-state index in [1.165, 1.54) is 5.56 Å². The minimum Gasteiger partial charge on any atom is -0.363 e. The first-order chi connectivity index (χ1) is 12.7. The average Bonchev–Trinajstić information content (AvgIpc) is 3.14. The Morgan fingerprint density at radius 2 is 1.69 bits per heavy atom. The molecule has 0 saturated carbocycles. The molecule has 0 bridgehead atoms. The van der Waals surface area contributed by atoms with E-state index >= 15 is 0 Å². The van der Waals surface area contributed by atoms with Crippen LogP contribution in [0.15, 0.2) is 35.0 Å². The highest BCUT2D eigenvalue weighted by atomic mass is 16.6. The summed E-state index contributed by atoms with van der Waals surface area (Å²) in [6, 6.07) is 10.8. The normalized spacial score (nSPS) is 15.7. The van der Waals surface area contributed by atoms with Gasteiger partial charge in [-0.1, -0.05) is 30.3 Å². The number of hydrogen-bond donors (Lipinski definition) is 1. The van der Waals surface area contributed by atoms with Crippen molar-refractivity contribution in [3.8, 4) is 0 Å². The van der Waals surface area contributed by atoms with Gasteiger partial charge in [-0.15, -0.1) is 0 Å². The molecule has 0 radical (unpaired) electrons. The summed E-state index contributed by atoms with van der Waals surface area (Å²) in [6.07, 6.45) is 0. The highest BCUT2D eigenvalue weighted by Crippen LogP contribution is 2.25. The molecule has 8 nitrogen and oxygen atoms in total. The third-order valence-corrected chi connectivity index (χ3v) is 4.74. The Balaban J connectivity index is 1.58. The Morgan fingerprint density at radius 1 is 1.00 bits per heavy atom. The van der Waals surface area contributed by atoms with Gasteiger partial charge in [-0.25, -0.2) is 14.6 Å². The molecule has 1 aliphatic rings. The lowest BCUT2D eigenvalue weighted by atomic mass is 10.2. The lowest BCUT2D eigenvalue weighted by Crippen LogP contribution is -2.49.